The van der Waals surface area contributed by atoms with Crippen molar-refractivity contribution >= 4 is 34.4 Å². The van der Waals surface area contributed by atoms with Gasteiger partial charge in [-0.2, -0.15) is 0 Å². The van der Waals surface area contributed by atoms with Crippen LogP contribution in [0.25, 0.3) is 10.9 Å². The summed E-state index contributed by atoms with van der Waals surface area (Å²) in [5.74, 6) is -0.897. The fourth-order valence-electron chi connectivity index (χ4n) is 6.39. The molecule has 2 aromatic rings. The second-order valence-corrected chi connectivity index (χ2v) is 10.4. The lowest BCUT2D eigenvalue weighted by atomic mass is 9.78. The molecule has 5 atom stereocenters. The van der Waals surface area contributed by atoms with Gasteiger partial charge in [0.25, 0.3) is 5.91 Å². The van der Waals surface area contributed by atoms with Crippen LogP contribution in [0.2, 0.25) is 0 Å². The standard InChI is InChI=1S/C27H34N4O6/c1-37-23-8-4-7-19-18(23)12-21(29-19)27(36)31-13-16-5-2-3-6-17(16)24(31)26(35)30-20(22(33)14-32)11-15-9-10-28-25(15)34/h4,7-8,12,15-17,20,24,29,32H,2-3,5-6,9-11,13-14H2,1H3,(H,28,34)(H,30,35)/t15-,16-,17-,20?,24-/m0/s1. The fourth-order valence-corrected chi connectivity index (χ4v) is 6.39. The average Bonchev–Trinajstić information content (AvgIpc) is 3.63. The van der Waals surface area contributed by atoms with Gasteiger partial charge in [-0.25, -0.2) is 0 Å². The van der Waals surface area contributed by atoms with Crippen molar-refractivity contribution in [3.8, 4) is 5.75 Å². The number of aromatic nitrogens is 1. The highest BCUT2D eigenvalue weighted by molar-refractivity contribution is 6.02. The van der Waals surface area contributed by atoms with E-state index >= 15 is 0 Å². The zero-order chi connectivity index (χ0) is 26.1. The quantitative estimate of drug-likeness (QED) is 0.423. The topological polar surface area (TPSA) is 141 Å². The van der Waals surface area contributed by atoms with Gasteiger partial charge in [-0.3, -0.25) is 19.2 Å². The number of hydrogen-bond acceptors (Lipinski definition) is 6. The van der Waals surface area contributed by atoms with E-state index in [1.54, 1.807) is 18.1 Å². The van der Waals surface area contributed by atoms with Crippen LogP contribution in [0.4, 0.5) is 0 Å². The van der Waals surface area contributed by atoms with Crippen LogP contribution < -0.4 is 15.4 Å². The van der Waals surface area contributed by atoms with Gasteiger partial charge in [0.2, 0.25) is 11.8 Å². The summed E-state index contributed by atoms with van der Waals surface area (Å²) in [7, 11) is 1.58. The number of carbonyl (C=O) groups is 4. The number of aliphatic hydroxyl groups is 1. The molecule has 2 saturated heterocycles. The van der Waals surface area contributed by atoms with Crippen LogP contribution in [0.15, 0.2) is 24.3 Å². The molecule has 3 amide bonds. The molecule has 10 heteroatoms. The van der Waals surface area contributed by atoms with Crippen molar-refractivity contribution in [2.75, 3.05) is 26.8 Å². The smallest absolute Gasteiger partial charge is 0.271 e. The number of aromatic amines is 1. The molecule has 0 radical (unpaired) electrons. The van der Waals surface area contributed by atoms with Gasteiger partial charge >= 0.3 is 0 Å². The van der Waals surface area contributed by atoms with E-state index in [2.05, 4.69) is 15.6 Å². The van der Waals surface area contributed by atoms with E-state index in [0.29, 0.717) is 31.0 Å². The second-order valence-electron chi connectivity index (χ2n) is 10.4. The number of aliphatic hydroxyl groups excluding tert-OH is 1. The molecule has 1 saturated carbocycles. The minimum Gasteiger partial charge on any atom is -0.496 e. The number of likely N-dealkylation sites (tertiary alicyclic amines) is 1. The second kappa shape index (κ2) is 10.5. The molecule has 5 rings (SSSR count). The van der Waals surface area contributed by atoms with Crippen LogP contribution in [-0.4, -0.2) is 77.4 Å². The van der Waals surface area contributed by atoms with Crippen LogP contribution >= 0.6 is 0 Å². The number of ether oxygens (including phenoxy) is 1. The third-order valence-electron chi connectivity index (χ3n) is 8.29. The number of carbonyl (C=O) groups excluding carboxylic acids is 4. The summed E-state index contributed by atoms with van der Waals surface area (Å²) in [6, 6.07) is 5.58. The minimum atomic E-state index is -0.983. The molecule has 1 unspecified atom stereocenters. The monoisotopic (exact) mass is 510 g/mol. The molecule has 1 aromatic heterocycles. The lowest BCUT2D eigenvalue weighted by molar-refractivity contribution is -0.133. The Bertz CT molecular complexity index is 1210. The number of nitrogens with one attached hydrogen (secondary N) is 3. The SMILES string of the molecule is COc1cccc2[nH]c(C(=O)N3C[C@@H]4CCCC[C@@H]4[C@H]3C(=O)NC(C[C@@H]3CCNC3=O)C(=O)CO)cc12. The normalized spacial score (nSPS) is 26.0. The molecule has 3 heterocycles. The van der Waals surface area contributed by atoms with Crippen LogP contribution in [0, 0.1) is 17.8 Å². The Morgan fingerprint density at radius 1 is 1.22 bits per heavy atom. The molecule has 3 fully saturated rings. The summed E-state index contributed by atoms with van der Waals surface area (Å²) < 4.78 is 5.43. The molecule has 2 aliphatic heterocycles. The molecule has 3 aliphatic rings. The Balaban J connectivity index is 1.41. The van der Waals surface area contributed by atoms with Gasteiger partial charge in [0.1, 0.15) is 24.1 Å². The molecular formula is C27H34N4O6. The predicted molar refractivity (Wildman–Crippen MR) is 135 cm³/mol. The van der Waals surface area contributed by atoms with Gasteiger partial charge in [0.05, 0.1) is 13.2 Å². The molecule has 0 bridgehead atoms. The van der Waals surface area contributed by atoms with Gasteiger partial charge < -0.3 is 30.4 Å². The number of hydrogen-bond donors (Lipinski definition) is 4. The molecule has 4 N–H and O–H groups in total. The van der Waals surface area contributed by atoms with Crippen LogP contribution in [0.5, 0.6) is 5.75 Å². The fraction of sp³-hybridized carbons (Fsp3) is 0.556. The van der Waals surface area contributed by atoms with E-state index in [4.69, 9.17) is 4.74 Å². The first-order chi connectivity index (χ1) is 17.9. The van der Waals surface area contributed by atoms with Crippen LogP contribution in [0.1, 0.15) is 49.0 Å². The Morgan fingerprint density at radius 3 is 2.76 bits per heavy atom. The van der Waals surface area contributed by atoms with E-state index in [9.17, 15) is 24.3 Å². The molecule has 37 heavy (non-hydrogen) atoms. The lowest BCUT2D eigenvalue weighted by Crippen LogP contribution is -2.54. The molecule has 0 spiro atoms. The Morgan fingerprint density at radius 2 is 2.03 bits per heavy atom. The maximum Gasteiger partial charge on any atom is 0.271 e. The largest absolute Gasteiger partial charge is 0.496 e. The number of rotatable bonds is 8. The highest BCUT2D eigenvalue weighted by Gasteiger charge is 2.49. The van der Waals surface area contributed by atoms with Gasteiger partial charge in [0.15, 0.2) is 5.78 Å². The van der Waals surface area contributed by atoms with Gasteiger partial charge in [0, 0.05) is 29.9 Å². The maximum atomic E-state index is 13.8. The number of benzene rings is 1. The third-order valence-corrected chi connectivity index (χ3v) is 8.29. The number of methoxy groups -OCH3 is 1. The molecule has 198 valence electrons. The summed E-state index contributed by atoms with van der Waals surface area (Å²) in [5, 5.41) is 15.9. The van der Waals surface area contributed by atoms with Crippen molar-refractivity contribution in [3.63, 3.8) is 0 Å². The molecule has 1 aromatic carbocycles. The number of ketones is 1. The van der Waals surface area contributed by atoms with Crippen LogP contribution in [0.3, 0.4) is 0 Å². The van der Waals surface area contributed by atoms with Crippen molar-refractivity contribution in [2.45, 2.75) is 50.6 Å². The van der Waals surface area contributed by atoms with Gasteiger partial charge in [-0.05, 0) is 55.7 Å². The first-order valence-corrected chi connectivity index (χ1v) is 13.1. The Hall–Kier alpha value is -3.40. The van der Waals surface area contributed by atoms with E-state index in [1.165, 1.54) is 0 Å². The zero-order valence-electron chi connectivity index (χ0n) is 21.0. The van der Waals surface area contributed by atoms with Crippen molar-refractivity contribution in [1.82, 2.24) is 20.5 Å². The molecular weight excluding hydrogens is 476 g/mol. The summed E-state index contributed by atoms with van der Waals surface area (Å²) >= 11 is 0. The van der Waals surface area contributed by atoms with Crippen LogP contribution in [-0.2, 0) is 14.4 Å². The third kappa shape index (κ3) is 4.82. The van der Waals surface area contributed by atoms with E-state index in [1.807, 2.05) is 18.2 Å². The minimum absolute atomic E-state index is 0.00345. The molecule has 1 aliphatic carbocycles. The van der Waals surface area contributed by atoms with E-state index in [-0.39, 0.29) is 30.1 Å². The number of Topliss-reactive ketones (excluding diaryl/α,β-unsaturated/α-hetero) is 1. The van der Waals surface area contributed by atoms with Gasteiger partial charge in [-0.15, -0.1) is 0 Å². The number of fused-ring (bicyclic) bond motifs is 2. The van der Waals surface area contributed by atoms with E-state index in [0.717, 1.165) is 36.6 Å². The van der Waals surface area contributed by atoms with Crippen molar-refractivity contribution in [2.24, 2.45) is 17.8 Å². The van der Waals surface area contributed by atoms with Crippen molar-refractivity contribution < 1.29 is 29.0 Å². The van der Waals surface area contributed by atoms with Crippen molar-refractivity contribution in [3.05, 3.63) is 30.0 Å². The molecule has 10 nitrogen and oxygen atoms in total. The Labute approximate surface area is 215 Å². The number of H-pyrrole nitrogens is 1. The summed E-state index contributed by atoms with van der Waals surface area (Å²) in [6.07, 6.45) is 4.53. The highest BCUT2D eigenvalue weighted by Crippen LogP contribution is 2.41. The Kier molecular flexibility index (Phi) is 7.19. The maximum absolute atomic E-state index is 13.8. The van der Waals surface area contributed by atoms with E-state index < -0.39 is 36.3 Å². The summed E-state index contributed by atoms with van der Waals surface area (Å²) in [5.41, 5.74) is 1.14. The zero-order valence-corrected chi connectivity index (χ0v) is 21.0. The van der Waals surface area contributed by atoms with Gasteiger partial charge in [-0.1, -0.05) is 18.9 Å². The summed E-state index contributed by atoms with van der Waals surface area (Å²) in [6.45, 7) is 0.273. The number of nitrogens with zero attached hydrogens (tertiary/aromatic N) is 1. The lowest BCUT2D eigenvalue weighted by Gasteiger charge is -2.31. The first kappa shape index (κ1) is 25.3. The highest BCUT2D eigenvalue weighted by atomic mass is 16.5. The number of amides is 3. The van der Waals surface area contributed by atoms with Crippen molar-refractivity contribution in [1.29, 1.82) is 0 Å². The average molecular weight is 511 g/mol. The summed E-state index contributed by atoms with van der Waals surface area (Å²) in [4.78, 5) is 57.0. The predicted octanol–water partition coefficient (Wildman–Crippen LogP) is 1.38. The first-order valence-electron chi connectivity index (χ1n) is 13.1.